The van der Waals surface area contributed by atoms with E-state index in [1.807, 2.05) is 0 Å². The zero-order chi connectivity index (χ0) is 12.5. The SMILES string of the molecule is O=C(O)/C=C/C1(c2ccc(F)c(Cl)c2)COC1. The van der Waals surface area contributed by atoms with Crippen LogP contribution in [0.1, 0.15) is 5.56 Å². The smallest absolute Gasteiger partial charge is 0.328 e. The van der Waals surface area contributed by atoms with Crippen molar-refractivity contribution in [2.45, 2.75) is 5.41 Å². The zero-order valence-electron chi connectivity index (χ0n) is 8.82. The molecule has 0 atom stereocenters. The number of hydrogen-bond acceptors (Lipinski definition) is 2. The largest absolute Gasteiger partial charge is 0.478 e. The van der Waals surface area contributed by atoms with Crippen LogP contribution in [0.3, 0.4) is 0 Å². The van der Waals surface area contributed by atoms with E-state index in [-0.39, 0.29) is 5.02 Å². The maximum atomic E-state index is 13.0. The molecule has 17 heavy (non-hydrogen) atoms. The summed E-state index contributed by atoms with van der Waals surface area (Å²) in [5, 5.41) is 8.65. The Balaban J connectivity index is 2.34. The average molecular weight is 257 g/mol. The minimum Gasteiger partial charge on any atom is -0.478 e. The quantitative estimate of drug-likeness (QED) is 0.845. The molecule has 1 fully saturated rings. The summed E-state index contributed by atoms with van der Waals surface area (Å²) in [5.41, 5.74) is 0.253. The van der Waals surface area contributed by atoms with E-state index in [4.69, 9.17) is 21.4 Å². The lowest BCUT2D eigenvalue weighted by Gasteiger charge is -2.39. The van der Waals surface area contributed by atoms with Gasteiger partial charge in [-0.3, -0.25) is 0 Å². The molecule has 0 aromatic heterocycles. The van der Waals surface area contributed by atoms with Crippen LogP contribution in [0.25, 0.3) is 0 Å². The maximum Gasteiger partial charge on any atom is 0.328 e. The van der Waals surface area contributed by atoms with Crippen LogP contribution in [0, 0.1) is 5.82 Å². The minimum atomic E-state index is -1.02. The van der Waals surface area contributed by atoms with Gasteiger partial charge in [0.1, 0.15) is 5.82 Å². The third kappa shape index (κ3) is 2.33. The summed E-state index contributed by atoms with van der Waals surface area (Å²) in [7, 11) is 0. The van der Waals surface area contributed by atoms with Crippen molar-refractivity contribution in [2.75, 3.05) is 13.2 Å². The summed E-state index contributed by atoms with van der Waals surface area (Å²) in [6.45, 7) is 0.748. The van der Waals surface area contributed by atoms with Gasteiger partial charge in [0.05, 0.1) is 23.7 Å². The number of aliphatic carboxylic acids is 1. The Morgan fingerprint density at radius 3 is 2.71 bits per heavy atom. The predicted molar refractivity (Wildman–Crippen MR) is 60.7 cm³/mol. The number of carboxylic acids is 1. The standard InChI is InChI=1S/C12H10ClFO3/c13-9-5-8(1-2-10(9)14)12(6-17-7-12)4-3-11(15)16/h1-5H,6-7H2,(H,15,16)/b4-3+. The van der Waals surface area contributed by atoms with Crippen molar-refractivity contribution in [1.29, 1.82) is 0 Å². The van der Waals surface area contributed by atoms with Crippen LogP contribution in [0.15, 0.2) is 30.4 Å². The van der Waals surface area contributed by atoms with Gasteiger partial charge in [0.2, 0.25) is 0 Å². The van der Waals surface area contributed by atoms with E-state index in [1.54, 1.807) is 12.1 Å². The van der Waals surface area contributed by atoms with Crippen LogP contribution in [0.2, 0.25) is 5.02 Å². The van der Waals surface area contributed by atoms with Gasteiger partial charge < -0.3 is 9.84 Å². The van der Waals surface area contributed by atoms with Gasteiger partial charge in [-0.1, -0.05) is 23.7 Å². The van der Waals surface area contributed by atoms with E-state index in [2.05, 4.69) is 0 Å². The molecule has 1 heterocycles. The van der Waals surface area contributed by atoms with Crippen molar-refractivity contribution in [3.05, 3.63) is 46.8 Å². The number of benzene rings is 1. The Morgan fingerprint density at radius 1 is 1.53 bits per heavy atom. The fourth-order valence-corrected chi connectivity index (χ4v) is 1.90. The van der Waals surface area contributed by atoms with Crippen LogP contribution in [0.5, 0.6) is 0 Å². The first-order valence-electron chi connectivity index (χ1n) is 4.99. The third-order valence-electron chi connectivity index (χ3n) is 2.76. The van der Waals surface area contributed by atoms with Crippen LogP contribution in [-0.4, -0.2) is 24.3 Å². The van der Waals surface area contributed by atoms with Gasteiger partial charge in [0.15, 0.2) is 0 Å². The van der Waals surface area contributed by atoms with E-state index in [1.165, 1.54) is 12.1 Å². The lowest BCUT2D eigenvalue weighted by Crippen LogP contribution is -2.45. The Labute approximate surface area is 102 Å². The second-order valence-corrected chi connectivity index (χ2v) is 4.36. The molecule has 0 unspecified atom stereocenters. The van der Waals surface area contributed by atoms with Gasteiger partial charge in [-0.05, 0) is 17.7 Å². The van der Waals surface area contributed by atoms with Crippen molar-refractivity contribution in [2.24, 2.45) is 0 Å². The number of ether oxygens (including phenoxy) is 1. The van der Waals surface area contributed by atoms with Crippen molar-refractivity contribution < 1.29 is 19.0 Å². The number of carboxylic acid groups (broad SMARTS) is 1. The van der Waals surface area contributed by atoms with E-state index >= 15 is 0 Å². The summed E-state index contributed by atoms with van der Waals surface area (Å²) in [5.74, 6) is -1.52. The molecule has 0 saturated carbocycles. The van der Waals surface area contributed by atoms with Crippen LogP contribution in [0.4, 0.5) is 4.39 Å². The fourth-order valence-electron chi connectivity index (χ4n) is 1.72. The Kier molecular flexibility index (Phi) is 3.17. The van der Waals surface area contributed by atoms with Gasteiger partial charge in [-0.15, -0.1) is 0 Å². The van der Waals surface area contributed by atoms with E-state index in [0.29, 0.717) is 13.2 Å². The topological polar surface area (TPSA) is 46.5 Å². The Bertz CT molecular complexity index is 481. The molecule has 0 radical (unpaired) electrons. The number of hydrogen-bond donors (Lipinski definition) is 1. The number of halogens is 2. The van der Waals surface area contributed by atoms with Crippen molar-refractivity contribution in [3.63, 3.8) is 0 Å². The van der Waals surface area contributed by atoms with Crippen molar-refractivity contribution >= 4 is 17.6 Å². The molecule has 1 saturated heterocycles. The average Bonchev–Trinajstić information content (AvgIpc) is 2.21. The van der Waals surface area contributed by atoms with Gasteiger partial charge >= 0.3 is 5.97 Å². The monoisotopic (exact) mass is 256 g/mol. The molecular formula is C12H10ClFO3. The molecule has 1 aromatic carbocycles. The second kappa shape index (κ2) is 4.47. The molecule has 1 N–H and O–H groups in total. The number of carbonyl (C=O) groups is 1. The summed E-state index contributed by atoms with van der Waals surface area (Å²) >= 11 is 5.71. The van der Waals surface area contributed by atoms with Gasteiger partial charge in [0.25, 0.3) is 0 Å². The van der Waals surface area contributed by atoms with Crippen LogP contribution < -0.4 is 0 Å². The highest BCUT2D eigenvalue weighted by molar-refractivity contribution is 6.30. The molecule has 0 amide bonds. The van der Waals surface area contributed by atoms with E-state index < -0.39 is 17.2 Å². The normalized spacial score (nSPS) is 18.0. The van der Waals surface area contributed by atoms with Gasteiger partial charge in [-0.25, -0.2) is 9.18 Å². The summed E-state index contributed by atoms with van der Waals surface area (Å²) in [4.78, 5) is 10.5. The Morgan fingerprint density at radius 2 is 2.24 bits per heavy atom. The first kappa shape index (κ1) is 12.1. The summed E-state index contributed by atoms with van der Waals surface area (Å²) in [6, 6.07) is 4.37. The predicted octanol–water partition coefficient (Wildman–Crippen LogP) is 2.39. The van der Waals surface area contributed by atoms with Crippen LogP contribution >= 0.6 is 11.6 Å². The maximum absolute atomic E-state index is 13.0. The van der Waals surface area contributed by atoms with Crippen molar-refractivity contribution in [1.82, 2.24) is 0 Å². The van der Waals surface area contributed by atoms with Gasteiger partial charge in [0, 0.05) is 6.08 Å². The molecule has 2 rings (SSSR count). The number of rotatable bonds is 3. The lowest BCUT2D eigenvalue weighted by molar-refractivity contribution is -0.131. The first-order valence-corrected chi connectivity index (χ1v) is 5.37. The molecule has 1 aliphatic heterocycles. The lowest BCUT2D eigenvalue weighted by atomic mass is 9.78. The highest BCUT2D eigenvalue weighted by Gasteiger charge is 2.38. The zero-order valence-corrected chi connectivity index (χ0v) is 9.58. The molecular weight excluding hydrogens is 247 g/mol. The third-order valence-corrected chi connectivity index (χ3v) is 3.05. The van der Waals surface area contributed by atoms with Gasteiger partial charge in [-0.2, -0.15) is 0 Å². The summed E-state index contributed by atoms with van der Waals surface area (Å²) in [6.07, 6.45) is 2.63. The van der Waals surface area contributed by atoms with E-state index in [9.17, 15) is 9.18 Å². The summed E-state index contributed by atoms with van der Waals surface area (Å²) < 4.78 is 18.2. The fraction of sp³-hybridized carbons (Fsp3) is 0.250. The molecule has 90 valence electrons. The first-order chi connectivity index (χ1) is 8.03. The van der Waals surface area contributed by atoms with Crippen LogP contribution in [-0.2, 0) is 14.9 Å². The molecule has 1 aliphatic rings. The molecule has 0 spiro atoms. The van der Waals surface area contributed by atoms with Crippen molar-refractivity contribution in [3.8, 4) is 0 Å². The minimum absolute atomic E-state index is 0.0255. The molecule has 1 aromatic rings. The molecule has 0 aliphatic carbocycles. The van der Waals surface area contributed by atoms with E-state index in [0.717, 1.165) is 11.6 Å². The molecule has 5 heteroatoms. The molecule has 3 nitrogen and oxygen atoms in total. The Hall–Kier alpha value is -1.39. The second-order valence-electron chi connectivity index (χ2n) is 3.95. The molecule has 0 bridgehead atoms. The highest BCUT2D eigenvalue weighted by atomic mass is 35.5. The highest BCUT2D eigenvalue weighted by Crippen LogP contribution is 2.35.